The van der Waals surface area contributed by atoms with E-state index in [0.717, 1.165) is 27.1 Å². The number of amides is 2. The zero-order chi connectivity index (χ0) is 28.8. The molecule has 5 rings (SSSR count). The van der Waals surface area contributed by atoms with E-state index in [0.29, 0.717) is 21.8 Å². The van der Waals surface area contributed by atoms with Gasteiger partial charge in [0.25, 0.3) is 5.91 Å². The number of halogens is 1. The van der Waals surface area contributed by atoms with Crippen LogP contribution in [0, 0.1) is 24.1 Å². The summed E-state index contributed by atoms with van der Waals surface area (Å²) in [6.07, 6.45) is 0. The Kier molecular flexibility index (Phi) is 8.59. The number of nitrogens with zero attached hydrogens (tertiary/aromatic N) is 1. The Labute approximate surface area is 245 Å². The third kappa shape index (κ3) is 6.72. The van der Waals surface area contributed by atoms with Crippen molar-refractivity contribution in [2.75, 3.05) is 10.6 Å². The second kappa shape index (κ2) is 12.6. The summed E-state index contributed by atoms with van der Waals surface area (Å²) in [5.41, 5.74) is 4.92. The molecule has 0 saturated heterocycles. The number of thiophene rings is 1. The van der Waals surface area contributed by atoms with Crippen LogP contribution < -0.4 is 10.6 Å². The number of carbonyl (C=O) groups excluding carboxylic acids is 2. The van der Waals surface area contributed by atoms with Crippen molar-refractivity contribution in [2.24, 2.45) is 0 Å². The molecule has 0 aliphatic rings. The van der Waals surface area contributed by atoms with E-state index in [9.17, 15) is 19.2 Å². The molecule has 1 atom stereocenters. The molecule has 0 bridgehead atoms. The Morgan fingerprint density at radius 3 is 2.34 bits per heavy atom. The quantitative estimate of drug-likeness (QED) is 0.181. The number of carbonyl (C=O) groups is 2. The van der Waals surface area contributed by atoms with E-state index in [-0.39, 0.29) is 11.8 Å². The van der Waals surface area contributed by atoms with Gasteiger partial charge in [-0.2, -0.15) is 5.26 Å². The standard InChI is InChI=1S/C33H24FN3O2S2/c1-21-10-12-22(13-11-21)29-20-40-33(28(29)19-35)37-32(39)30(23-6-3-2-4-7-23)41-27-9-5-8-26(18-27)36-31(38)24-14-16-25(34)17-15-24/h2-18,20,30H,1H3,(H,36,38)(H,37,39). The van der Waals surface area contributed by atoms with Gasteiger partial charge in [0.15, 0.2) is 0 Å². The van der Waals surface area contributed by atoms with Crippen molar-refractivity contribution in [2.45, 2.75) is 17.1 Å². The summed E-state index contributed by atoms with van der Waals surface area (Å²) in [6, 6.07) is 32.1. The zero-order valence-corrected chi connectivity index (χ0v) is 23.6. The maximum Gasteiger partial charge on any atom is 0.255 e. The molecule has 2 N–H and O–H groups in total. The molecule has 0 fully saturated rings. The number of anilines is 2. The molecule has 202 valence electrons. The SMILES string of the molecule is Cc1ccc(-c2csc(NC(=O)C(Sc3cccc(NC(=O)c4ccc(F)cc4)c3)c3ccccc3)c2C#N)cc1. The normalized spacial score (nSPS) is 11.3. The fourth-order valence-corrected chi connectivity index (χ4v) is 6.18. The number of benzene rings is 4. The third-order valence-electron chi connectivity index (χ3n) is 6.29. The highest BCUT2D eigenvalue weighted by atomic mass is 32.2. The Bertz CT molecular complexity index is 1730. The predicted molar refractivity (Wildman–Crippen MR) is 164 cm³/mol. The highest BCUT2D eigenvalue weighted by Gasteiger charge is 2.25. The van der Waals surface area contributed by atoms with Gasteiger partial charge in [0.05, 0.1) is 5.56 Å². The maximum absolute atomic E-state index is 13.7. The first kappa shape index (κ1) is 27.8. The lowest BCUT2D eigenvalue weighted by atomic mass is 10.0. The fraction of sp³-hybridized carbons (Fsp3) is 0.0606. The number of thioether (sulfide) groups is 1. The molecule has 4 aromatic carbocycles. The van der Waals surface area contributed by atoms with Crippen LogP contribution in [0.2, 0.25) is 0 Å². The molecule has 41 heavy (non-hydrogen) atoms. The van der Waals surface area contributed by atoms with Gasteiger partial charge >= 0.3 is 0 Å². The van der Waals surface area contributed by atoms with Crippen LogP contribution in [0.4, 0.5) is 15.1 Å². The number of aryl methyl sites for hydroxylation is 1. The van der Waals surface area contributed by atoms with Gasteiger partial charge in [-0.1, -0.05) is 66.2 Å². The van der Waals surface area contributed by atoms with E-state index < -0.39 is 11.1 Å². The molecule has 0 radical (unpaired) electrons. The minimum atomic E-state index is -0.629. The van der Waals surface area contributed by atoms with Crippen molar-refractivity contribution in [3.8, 4) is 17.2 Å². The minimum absolute atomic E-state index is 0.268. The van der Waals surface area contributed by atoms with Crippen LogP contribution in [0.25, 0.3) is 11.1 Å². The molecule has 1 heterocycles. The van der Waals surface area contributed by atoms with Gasteiger partial charge in [-0.3, -0.25) is 9.59 Å². The first-order valence-corrected chi connectivity index (χ1v) is 14.5. The Balaban J connectivity index is 1.38. The average molecular weight is 578 g/mol. The Hall–Kier alpha value is -4.71. The van der Waals surface area contributed by atoms with Crippen LogP contribution in [0.5, 0.6) is 0 Å². The smallest absolute Gasteiger partial charge is 0.255 e. The number of nitrogens with one attached hydrogen (secondary N) is 2. The number of hydrogen-bond acceptors (Lipinski definition) is 5. The minimum Gasteiger partial charge on any atom is -0.322 e. The fourth-order valence-electron chi connectivity index (χ4n) is 4.17. The number of nitriles is 1. The first-order valence-electron chi connectivity index (χ1n) is 12.7. The van der Waals surface area contributed by atoms with Crippen molar-refractivity contribution in [1.29, 1.82) is 5.26 Å². The van der Waals surface area contributed by atoms with Crippen LogP contribution in [-0.2, 0) is 4.79 Å². The van der Waals surface area contributed by atoms with E-state index >= 15 is 0 Å². The van der Waals surface area contributed by atoms with Gasteiger partial charge in [-0.05, 0) is 60.5 Å². The lowest BCUT2D eigenvalue weighted by Gasteiger charge is -2.17. The largest absolute Gasteiger partial charge is 0.322 e. The molecule has 0 saturated carbocycles. The highest BCUT2D eigenvalue weighted by Crippen LogP contribution is 2.40. The van der Waals surface area contributed by atoms with Crippen LogP contribution in [-0.4, -0.2) is 11.8 Å². The average Bonchev–Trinajstić information content (AvgIpc) is 3.39. The molecule has 0 spiro atoms. The van der Waals surface area contributed by atoms with Gasteiger partial charge < -0.3 is 10.6 Å². The summed E-state index contributed by atoms with van der Waals surface area (Å²) in [5, 5.41) is 17.5. The Morgan fingerprint density at radius 2 is 1.63 bits per heavy atom. The second-order valence-electron chi connectivity index (χ2n) is 9.22. The van der Waals surface area contributed by atoms with Gasteiger partial charge in [0, 0.05) is 27.1 Å². The molecule has 8 heteroatoms. The van der Waals surface area contributed by atoms with Gasteiger partial charge in [0.2, 0.25) is 5.91 Å². The second-order valence-corrected chi connectivity index (χ2v) is 11.3. The van der Waals surface area contributed by atoms with Crippen molar-refractivity contribution in [1.82, 2.24) is 0 Å². The third-order valence-corrected chi connectivity index (χ3v) is 8.44. The number of rotatable bonds is 8. The van der Waals surface area contributed by atoms with E-state index in [1.165, 1.54) is 47.4 Å². The van der Waals surface area contributed by atoms with Crippen LogP contribution in [0.15, 0.2) is 113 Å². The molecule has 2 amide bonds. The van der Waals surface area contributed by atoms with E-state index in [2.05, 4.69) is 16.7 Å². The molecule has 1 unspecified atom stereocenters. The van der Waals surface area contributed by atoms with Crippen LogP contribution >= 0.6 is 23.1 Å². The van der Waals surface area contributed by atoms with Gasteiger partial charge in [-0.15, -0.1) is 23.1 Å². The number of hydrogen-bond donors (Lipinski definition) is 2. The first-order chi connectivity index (χ1) is 19.9. The molecule has 0 aliphatic heterocycles. The summed E-state index contributed by atoms with van der Waals surface area (Å²) in [4.78, 5) is 27.1. The molecule has 0 aliphatic carbocycles. The Morgan fingerprint density at radius 1 is 0.902 bits per heavy atom. The summed E-state index contributed by atoms with van der Waals surface area (Å²) >= 11 is 2.66. The maximum atomic E-state index is 13.7. The summed E-state index contributed by atoms with van der Waals surface area (Å²) < 4.78 is 13.2. The molecule has 1 aromatic heterocycles. The topological polar surface area (TPSA) is 82.0 Å². The summed E-state index contributed by atoms with van der Waals surface area (Å²) in [6.45, 7) is 2.00. The van der Waals surface area contributed by atoms with E-state index in [4.69, 9.17) is 0 Å². The van der Waals surface area contributed by atoms with Gasteiger partial charge in [0.1, 0.15) is 22.1 Å². The van der Waals surface area contributed by atoms with Crippen molar-refractivity contribution in [3.63, 3.8) is 0 Å². The molecular formula is C33H24FN3O2S2. The van der Waals surface area contributed by atoms with Crippen molar-refractivity contribution < 1.29 is 14.0 Å². The van der Waals surface area contributed by atoms with Crippen LogP contribution in [0.3, 0.4) is 0 Å². The summed E-state index contributed by atoms with van der Waals surface area (Å²) in [7, 11) is 0. The predicted octanol–water partition coefficient (Wildman–Crippen LogP) is 8.46. The molecular weight excluding hydrogens is 554 g/mol. The zero-order valence-electron chi connectivity index (χ0n) is 21.9. The van der Waals surface area contributed by atoms with Crippen LogP contribution in [0.1, 0.15) is 32.3 Å². The lowest BCUT2D eigenvalue weighted by molar-refractivity contribution is -0.115. The van der Waals surface area contributed by atoms with Crippen molar-refractivity contribution in [3.05, 3.63) is 137 Å². The molecule has 5 aromatic rings. The molecule has 5 nitrogen and oxygen atoms in total. The summed E-state index contributed by atoms with van der Waals surface area (Å²) in [5.74, 6) is -1.05. The lowest BCUT2D eigenvalue weighted by Crippen LogP contribution is -2.19. The van der Waals surface area contributed by atoms with E-state index in [1.54, 1.807) is 18.2 Å². The highest BCUT2D eigenvalue weighted by molar-refractivity contribution is 8.00. The monoisotopic (exact) mass is 577 g/mol. The van der Waals surface area contributed by atoms with E-state index in [1.807, 2.05) is 73.0 Å². The van der Waals surface area contributed by atoms with Gasteiger partial charge in [-0.25, -0.2) is 4.39 Å². The van der Waals surface area contributed by atoms with Crippen molar-refractivity contribution >= 4 is 45.6 Å².